The van der Waals surface area contributed by atoms with E-state index in [0.29, 0.717) is 0 Å². The molecule has 0 aliphatic rings. The molecule has 0 radical (unpaired) electrons. The smallest absolute Gasteiger partial charge is 0.869 e. The Morgan fingerprint density at radius 3 is 0.815 bits per heavy atom. The van der Waals surface area contributed by atoms with Crippen molar-refractivity contribution >= 4 is 34.6 Å². The van der Waals surface area contributed by atoms with Crippen LogP contribution in [0.25, 0.3) is 0 Å². The van der Waals surface area contributed by atoms with Crippen molar-refractivity contribution in [2.45, 2.75) is 24.7 Å². The van der Waals surface area contributed by atoms with Gasteiger partial charge in [-0.05, 0) is 23.7 Å². The van der Waals surface area contributed by atoms with Crippen molar-refractivity contribution in [3.8, 4) is 0 Å². The molecule has 0 heterocycles. The number of ketones is 2. The number of hydrogen-bond acceptors (Lipinski definition) is 4. The first-order chi connectivity index (χ1) is 11.1. The predicted molar refractivity (Wildman–Crippen MR) is 56.2 cm³/mol. The summed E-state index contributed by atoms with van der Waals surface area (Å²) >= 11 is 0. The van der Waals surface area contributed by atoms with Crippen molar-refractivity contribution in [3.63, 3.8) is 0 Å². The van der Waals surface area contributed by atoms with Crippen LogP contribution in [-0.2, 0) is 9.59 Å². The molecule has 0 rings (SSSR count). The Bertz CT molecular complexity index is 527. The van der Waals surface area contributed by atoms with Crippen LogP contribution in [0.5, 0.6) is 0 Å². The molecule has 27 heavy (non-hydrogen) atoms. The fraction of sp³-hybridized carbons (Fsp3) is 0.400. The Balaban J connectivity index is -0.000000411. The van der Waals surface area contributed by atoms with Crippen LogP contribution in [0.4, 0.5) is 52.7 Å². The third kappa shape index (κ3) is 13.2. The molecule has 152 valence electrons. The minimum atomic E-state index is -5.46. The van der Waals surface area contributed by atoms with Crippen LogP contribution in [0.3, 0.4) is 0 Å². The van der Waals surface area contributed by atoms with E-state index in [0.717, 1.165) is 0 Å². The van der Waals surface area contributed by atoms with E-state index in [1.54, 1.807) is 0 Å². The first-order valence-corrected chi connectivity index (χ1v) is 5.24. The summed E-state index contributed by atoms with van der Waals surface area (Å²) in [6.45, 7) is 0. The Morgan fingerprint density at radius 1 is 0.519 bits per heavy atom. The number of hydrogen-bond donors (Lipinski definition) is 0. The largest absolute Gasteiger partial charge is 2.00 e. The van der Waals surface area contributed by atoms with Gasteiger partial charge in [-0.1, -0.05) is 0 Å². The summed E-state index contributed by atoms with van der Waals surface area (Å²) in [6.07, 6.45) is -23.9. The van der Waals surface area contributed by atoms with Gasteiger partial charge in [0.15, 0.2) is 0 Å². The summed E-state index contributed by atoms with van der Waals surface area (Å²) < 4.78 is 136. The second kappa shape index (κ2) is 10.0. The van der Waals surface area contributed by atoms with Gasteiger partial charge in [0, 0.05) is 0 Å². The van der Waals surface area contributed by atoms with Gasteiger partial charge >= 0.3 is 47.8 Å². The summed E-state index contributed by atoms with van der Waals surface area (Å²) in [7, 11) is 0. The zero-order chi connectivity index (χ0) is 21.7. The van der Waals surface area contributed by atoms with Gasteiger partial charge in [0.2, 0.25) is 0 Å². The van der Waals surface area contributed by atoms with Gasteiger partial charge < -0.3 is 10.2 Å². The Kier molecular flexibility index (Phi) is 11.2. The van der Waals surface area contributed by atoms with Crippen LogP contribution in [0.1, 0.15) is 0 Å². The van der Waals surface area contributed by atoms with Gasteiger partial charge in [0.1, 0.15) is 0 Å². The molecule has 0 saturated heterocycles. The Morgan fingerprint density at radius 2 is 0.704 bits per heavy atom. The maximum absolute atomic E-state index is 11.3. The molecule has 0 N–H and O–H groups in total. The van der Waals surface area contributed by atoms with Gasteiger partial charge in [0.05, 0.1) is 0 Å². The molecule has 0 aromatic carbocycles. The van der Waals surface area contributed by atoms with Crippen molar-refractivity contribution in [3.05, 3.63) is 23.7 Å². The summed E-state index contributed by atoms with van der Waals surface area (Å²) in [5.41, 5.74) is 0. The fourth-order valence-electron chi connectivity index (χ4n) is 0.565. The first kappa shape index (κ1) is 30.1. The molecule has 0 fully saturated rings. The number of alkyl halides is 12. The minimum Gasteiger partial charge on any atom is -0.869 e. The van der Waals surface area contributed by atoms with E-state index in [2.05, 4.69) is 0 Å². The molecule has 0 aliphatic carbocycles. The molecular weight excluding hydrogens is 436 g/mol. The Labute approximate surface area is 156 Å². The van der Waals surface area contributed by atoms with Crippen LogP contribution in [0, 0.1) is 0 Å². The van der Waals surface area contributed by atoms with E-state index in [4.69, 9.17) is 0 Å². The predicted octanol–water partition coefficient (Wildman–Crippen LogP) is 1.47. The molecule has 0 aliphatic heterocycles. The molecule has 0 unspecified atom stereocenters. The van der Waals surface area contributed by atoms with Crippen LogP contribution >= 0.6 is 0 Å². The van der Waals surface area contributed by atoms with Gasteiger partial charge in [-0.25, -0.2) is 0 Å². The second-order valence-electron chi connectivity index (χ2n) is 3.74. The van der Waals surface area contributed by atoms with E-state index in [1.165, 1.54) is 0 Å². The number of halogens is 12. The van der Waals surface area contributed by atoms with E-state index in [9.17, 15) is 72.5 Å². The zero-order valence-electron chi connectivity index (χ0n) is 12.0. The molecule has 17 heteroatoms. The van der Waals surface area contributed by atoms with Crippen molar-refractivity contribution in [1.82, 2.24) is 0 Å². The molecule has 0 spiro atoms. The van der Waals surface area contributed by atoms with Gasteiger partial charge in [-0.15, -0.1) is 0 Å². The van der Waals surface area contributed by atoms with Crippen molar-refractivity contribution in [2.24, 2.45) is 0 Å². The fourth-order valence-corrected chi connectivity index (χ4v) is 0.565. The average Bonchev–Trinajstić information content (AvgIpc) is 2.34. The molecule has 0 aromatic heterocycles. The third-order valence-electron chi connectivity index (χ3n) is 1.64. The van der Waals surface area contributed by atoms with Crippen molar-refractivity contribution in [1.29, 1.82) is 0 Å². The summed E-state index contributed by atoms with van der Waals surface area (Å²) in [6, 6.07) is 0. The first-order valence-electron chi connectivity index (χ1n) is 5.24. The van der Waals surface area contributed by atoms with Crippen LogP contribution in [0.15, 0.2) is 23.7 Å². The Hall–Kier alpha value is -1.65. The summed E-state index contributed by atoms with van der Waals surface area (Å²) in [5.74, 6) is -11.3. The third-order valence-corrected chi connectivity index (χ3v) is 1.64. The number of carbonyl (C=O) groups excluding carboxylic acids is 2. The van der Waals surface area contributed by atoms with E-state index < -0.39 is 59.9 Å². The van der Waals surface area contributed by atoms with Crippen molar-refractivity contribution in [2.75, 3.05) is 0 Å². The number of allylic oxidation sites excluding steroid dienone is 4. The molecule has 0 bridgehead atoms. The molecular formula is C10H2F12MgO4. The number of carbonyl (C=O) groups is 2. The van der Waals surface area contributed by atoms with E-state index in [1.807, 2.05) is 0 Å². The van der Waals surface area contributed by atoms with Crippen LogP contribution < -0.4 is 10.2 Å². The minimum absolute atomic E-state index is 0. The van der Waals surface area contributed by atoms with Gasteiger partial charge in [0.25, 0.3) is 11.6 Å². The molecule has 0 aromatic rings. The maximum atomic E-state index is 11.3. The van der Waals surface area contributed by atoms with Crippen LogP contribution in [0.2, 0.25) is 0 Å². The van der Waals surface area contributed by atoms with Crippen LogP contribution in [-0.4, -0.2) is 59.3 Å². The number of rotatable bonds is 2. The van der Waals surface area contributed by atoms with E-state index >= 15 is 0 Å². The van der Waals surface area contributed by atoms with E-state index in [-0.39, 0.29) is 23.1 Å². The van der Waals surface area contributed by atoms with Gasteiger partial charge in [-0.2, -0.15) is 52.7 Å². The molecule has 4 nitrogen and oxygen atoms in total. The summed E-state index contributed by atoms with van der Waals surface area (Å²) in [5, 5.41) is 19.6. The molecule has 0 amide bonds. The second-order valence-corrected chi connectivity index (χ2v) is 3.74. The zero-order valence-corrected chi connectivity index (χ0v) is 13.4. The monoisotopic (exact) mass is 438 g/mol. The maximum Gasteiger partial charge on any atom is 2.00 e. The normalized spacial score (nSPS) is 13.9. The molecule has 0 saturated carbocycles. The van der Waals surface area contributed by atoms with Gasteiger partial charge in [-0.3, -0.25) is 9.59 Å². The summed E-state index contributed by atoms with van der Waals surface area (Å²) in [4.78, 5) is 19.6. The average molecular weight is 438 g/mol. The van der Waals surface area contributed by atoms with Crippen molar-refractivity contribution < 1.29 is 72.5 Å². The molecule has 0 atom stereocenters. The quantitative estimate of drug-likeness (QED) is 0.283. The topological polar surface area (TPSA) is 80.3 Å². The SMILES string of the molecule is O=C(/C=C(/[O-])C(F)(F)F)C(F)(F)F.O=C(/C=C(/[O-])C(F)(F)F)C(F)(F)F.[Mg+2]. The standard InChI is InChI=1S/2C5H2F6O2.Mg/c2*6-4(7,8)2(12)1-3(13)5(9,10)11;/h2*1,12H;/q;;+2/p-2/b2*2-1+;.